The van der Waals surface area contributed by atoms with Gasteiger partial charge < -0.3 is 35.6 Å². The maximum atomic E-state index is 12.6. The average Bonchev–Trinajstić information content (AvgIpc) is 3.62. The van der Waals surface area contributed by atoms with E-state index in [0.29, 0.717) is 36.7 Å². The number of nitrogens with two attached hydrogens (primary N) is 1. The van der Waals surface area contributed by atoms with Crippen LogP contribution in [0.15, 0.2) is 54.6 Å². The number of allylic oxidation sites excluding steroid dienone is 3. The van der Waals surface area contributed by atoms with Crippen LogP contribution < -0.4 is 11.1 Å². The number of nitrogens with one attached hydrogen (secondary N) is 1. The van der Waals surface area contributed by atoms with E-state index in [4.69, 9.17) is 15.2 Å². The molecular formula is C29H35N7O5. The van der Waals surface area contributed by atoms with E-state index in [9.17, 15) is 15.0 Å². The smallest absolute Gasteiger partial charge is 0.407 e. The second-order valence-electron chi connectivity index (χ2n) is 11.0. The van der Waals surface area contributed by atoms with E-state index in [1.165, 1.54) is 34.9 Å². The van der Waals surface area contributed by atoms with Gasteiger partial charge in [0.2, 0.25) is 0 Å². The molecule has 1 fully saturated rings. The van der Waals surface area contributed by atoms with Crippen LogP contribution in [0.2, 0.25) is 0 Å². The third-order valence-electron chi connectivity index (χ3n) is 8.25. The fourth-order valence-corrected chi connectivity index (χ4v) is 6.17. The van der Waals surface area contributed by atoms with Gasteiger partial charge in [-0.15, -0.1) is 0 Å². The third-order valence-corrected chi connectivity index (χ3v) is 8.25. The van der Waals surface area contributed by atoms with Crippen LogP contribution in [0.5, 0.6) is 0 Å². The Morgan fingerprint density at radius 2 is 2.07 bits per heavy atom. The van der Waals surface area contributed by atoms with Crippen LogP contribution in [0, 0.1) is 5.92 Å². The number of rotatable bonds is 8. The third kappa shape index (κ3) is 5.08. The number of aliphatic hydroxyl groups is 2. The highest BCUT2D eigenvalue weighted by Crippen LogP contribution is 2.48. The van der Waals surface area contributed by atoms with Crippen molar-refractivity contribution in [2.75, 3.05) is 39.0 Å². The number of benzene rings is 1. The van der Waals surface area contributed by atoms with Crippen molar-refractivity contribution in [3.8, 4) is 0 Å². The van der Waals surface area contributed by atoms with Crippen LogP contribution in [0.1, 0.15) is 36.6 Å². The van der Waals surface area contributed by atoms with Gasteiger partial charge >= 0.3 is 6.09 Å². The first-order valence-corrected chi connectivity index (χ1v) is 13.9. The van der Waals surface area contributed by atoms with Gasteiger partial charge in [-0.05, 0) is 41.7 Å². The van der Waals surface area contributed by atoms with E-state index in [1.807, 2.05) is 24.1 Å². The molecule has 2 aromatic heterocycles. The van der Waals surface area contributed by atoms with Crippen LogP contribution in [0.3, 0.4) is 0 Å². The molecule has 12 heteroatoms. The van der Waals surface area contributed by atoms with E-state index in [0.717, 1.165) is 6.42 Å². The predicted octanol–water partition coefficient (Wildman–Crippen LogP) is 1.83. The van der Waals surface area contributed by atoms with Crippen molar-refractivity contribution in [2.45, 2.75) is 43.8 Å². The first-order valence-electron chi connectivity index (χ1n) is 13.9. The van der Waals surface area contributed by atoms with Crippen molar-refractivity contribution in [3.63, 3.8) is 0 Å². The van der Waals surface area contributed by atoms with Crippen molar-refractivity contribution in [1.29, 1.82) is 0 Å². The van der Waals surface area contributed by atoms with Gasteiger partial charge in [-0.3, -0.25) is 4.57 Å². The number of imidazole rings is 1. The Kier molecular flexibility index (Phi) is 7.47. The Balaban J connectivity index is 0.992. The number of hydrogen-bond acceptors (Lipinski definition) is 10. The summed E-state index contributed by atoms with van der Waals surface area (Å²) in [5.41, 5.74) is 11.7. The van der Waals surface area contributed by atoms with Gasteiger partial charge in [-0.2, -0.15) is 0 Å². The summed E-state index contributed by atoms with van der Waals surface area (Å²) in [6, 6.07) is 8.33. The van der Waals surface area contributed by atoms with Crippen LogP contribution in [-0.2, 0) is 9.47 Å². The first kappa shape index (κ1) is 27.3. The monoisotopic (exact) mass is 561 g/mol. The largest absolute Gasteiger partial charge is 0.449 e. The van der Waals surface area contributed by atoms with Crippen molar-refractivity contribution in [3.05, 3.63) is 65.8 Å². The van der Waals surface area contributed by atoms with E-state index < -0.39 is 30.6 Å². The van der Waals surface area contributed by atoms with Crippen molar-refractivity contribution < 1.29 is 24.5 Å². The Labute approximate surface area is 237 Å². The molecule has 1 aliphatic heterocycles. The standard InChI is InChI=1S/C29H35N7O5/c1-16-6-5-9-19-17-7-3-4-8-18(17)20(22(16)19)13-40-29(39)31-10-11-35(2)12-21-24(37)25(38)28(41-21)36-15-34-23-26(30)32-14-33-27(23)36/h3-5,7-9,14-16,20-21,24-25,28,37-38H,6,10-13H2,1-2H3,(H,31,39)(H2,30,32,33)/t16?,20?,21-,24-,25-,28?/m1/s1. The van der Waals surface area contributed by atoms with Gasteiger partial charge in [0.25, 0.3) is 0 Å². The lowest BCUT2D eigenvalue weighted by molar-refractivity contribution is -0.0420. The Bertz CT molecular complexity index is 1500. The summed E-state index contributed by atoms with van der Waals surface area (Å²) in [5, 5.41) is 24.2. The summed E-state index contributed by atoms with van der Waals surface area (Å²) in [6.45, 7) is 3.68. The number of fused-ring (bicyclic) bond motifs is 3. The molecule has 0 saturated carbocycles. The molecule has 1 amide bonds. The minimum Gasteiger partial charge on any atom is -0.449 e. The summed E-state index contributed by atoms with van der Waals surface area (Å²) >= 11 is 0. The molecule has 2 aliphatic carbocycles. The quantitative estimate of drug-likeness (QED) is 0.319. The number of nitrogen functional groups attached to an aromatic ring is 1. The number of likely N-dealkylation sites (N-methyl/N-ethyl adjacent to an activating group) is 1. The van der Waals surface area contributed by atoms with Crippen LogP contribution in [-0.4, -0.2) is 92.3 Å². The highest BCUT2D eigenvalue weighted by atomic mass is 16.6. The van der Waals surface area contributed by atoms with Crippen molar-refractivity contribution in [1.82, 2.24) is 29.7 Å². The van der Waals surface area contributed by atoms with Gasteiger partial charge in [0, 0.05) is 25.6 Å². The minimum atomic E-state index is -1.19. The summed E-state index contributed by atoms with van der Waals surface area (Å²) in [7, 11) is 1.85. The zero-order valence-corrected chi connectivity index (χ0v) is 23.1. The van der Waals surface area contributed by atoms with Crippen LogP contribution >= 0.6 is 0 Å². The molecule has 6 rings (SSSR count). The van der Waals surface area contributed by atoms with E-state index in [-0.39, 0.29) is 18.3 Å². The van der Waals surface area contributed by atoms with Crippen LogP contribution in [0.4, 0.5) is 10.6 Å². The molecule has 3 heterocycles. The lowest BCUT2D eigenvalue weighted by Crippen LogP contribution is -2.41. The molecule has 216 valence electrons. The number of aliphatic hydroxyl groups excluding tert-OH is 2. The number of amides is 1. The molecule has 5 N–H and O–H groups in total. The molecule has 0 bridgehead atoms. The van der Waals surface area contributed by atoms with Gasteiger partial charge in [0.15, 0.2) is 17.7 Å². The topological polar surface area (TPSA) is 161 Å². The number of carbonyl (C=O) groups is 1. The second kappa shape index (κ2) is 11.2. The highest BCUT2D eigenvalue weighted by molar-refractivity contribution is 5.86. The number of carbonyl (C=O) groups excluding carboxylic acids is 1. The van der Waals surface area contributed by atoms with E-state index in [1.54, 1.807) is 4.57 Å². The summed E-state index contributed by atoms with van der Waals surface area (Å²) < 4.78 is 13.2. The molecule has 0 radical (unpaired) electrons. The molecule has 0 spiro atoms. The number of alkyl carbamates (subject to hydrolysis) is 1. The lowest BCUT2D eigenvalue weighted by atomic mass is 9.83. The van der Waals surface area contributed by atoms with Crippen LogP contribution in [0.25, 0.3) is 16.7 Å². The molecule has 41 heavy (non-hydrogen) atoms. The van der Waals surface area contributed by atoms with E-state index in [2.05, 4.69) is 51.5 Å². The van der Waals surface area contributed by atoms with E-state index >= 15 is 0 Å². The average molecular weight is 562 g/mol. The predicted molar refractivity (Wildman–Crippen MR) is 152 cm³/mol. The van der Waals surface area contributed by atoms with Gasteiger partial charge in [-0.1, -0.05) is 43.3 Å². The Hall–Kier alpha value is -3.84. The maximum absolute atomic E-state index is 12.6. The Morgan fingerprint density at radius 3 is 2.93 bits per heavy atom. The zero-order valence-electron chi connectivity index (χ0n) is 23.1. The molecule has 3 aliphatic rings. The fraction of sp³-hybridized carbons (Fsp3) is 0.448. The normalized spacial score (nSPS) is 27.0. The highest BCUT2D eigenvalue weighted by Gasteiger charge is 2.44. The lowest BCUT2D eigenvalue weighted by Gasteiger charge is -2.24. The van der Waals surface area contributed by atoms with Crippen molar-refractivity contribution in [2.24, 2.45) is 5.92 Å². The molecule has 6 atom stereocenters. The second-order valence-corrected chi connectivity index (χ2v) is 11.0. The van der Waals surface area contributed by atoms with Gasteiger partial charge in [0.05, 0.1) is 6.33 Å². The summed E-state index contributed by atoms with van der Waals surface area (Å²) in [5.74, 6) is 0.683. The summed E-state index contributed by atoms with van der Waals surface area (Å²) in [4.78, 5) is 26.8. The first-order chi connectivity index (χ1) is 19.8. The number of anilines is 1. The molecule has 1 saturated heterocycles. The SMILES string of the molecule is CC1CC=CC2=C1C(COC(=O)NCCN(C)C[C@H]1OC(n3cnc4c(N)ncnc43)[C@H](O)[C@@H]1O)c1ccccc12. The van der Waals surface area contributed by atoms with Gasteiger partial charge in [-0.25, -0.2) is 19.7 Å². The Morgan fingerprint density at radius 1 is 1.24 bits per heavy atom. The molecular weight excluding hydrogens is 526 g/mol. The summed E-state index contributed by atoms with van der Waals surface area (Å²) in [6.07, 6.45) is 3.85. The number of hydrogen-bond donors (Lipinski definition) is 4. The maximum Gasteiger partial charge on any atom is 0.407 e. The zero-order chi connectivity index (χ0) is 28.7. The number of aromatic nitrogens is 4. The van der Waals surface area contributed by atoms with Crippen molar-refractivity contribution >= 4 is 28.6 Å². The molecule has 1 aromatic carbocycles. The number of ether oxygens (including phenoxy) is 2. The number of nitrogens with zero attached hydrogens (tertiary/aromatic N) is 5. The molecule has 3 unspecified atom stereocenters. The van der Waals surface area contributed by atoms with Gasteiger partial charge in [0.1, 0.15) is 36.8 Å². The molecule has 12 nitrogen and oxygen atoms in total. The molecule has 3 aromatic rings. The minimum absolute atomic E-state index is 0.0606. The fourth-order valence-electron chi connectivity index (χ4n) is 6.17.